The van der Waals surface area contributed by atoms with Crippen molar-refractivity contribution in [3.8, 4) is 0 Å². The normalized spacial score (nSPS) is 11.8. The van der Waals surface area contributed by atoms with Gasteiger partial charge >= 0.3 is 5.51 Å². The molecular formula is C11H11ClF3S. The maximum Gasteiger partial charge on any atom is 0.446 e. The maximum absolute atomic E-state index is 12.2. The molecule has 0 aliphatic rings. The molecule has 0 aromatic heterocycles. The topological polar surface area (TPSA) is 0 Å². The van der Waals surface area contributed by atoms with E-state index in [2.05, 4.69) is 6.07 Å². The highest BCUT2D eigenvalue weighted by Gasteiger charge is 2.30. The van der Waals surface area contributed by atoms with Gasteiger partial charge in [-0.3, -0.25) is 0 Å². The molecule has 0 aliphatic carbocycles. The number of rotatable bonds is 4. The van der Waals surface area contributed by atoms with Crippen molar-refractivity contribution in [2.45, 2.75) is 36.6 Å². The SMILES string of the molecule is CCCCc1c[c]c(Cl)c(SC(F)(F)F)c1. The summed E-state index contributed by atoms with van der Waals surface area (Å²) in [5.41, 5.74) is -3.46. The van der Waals surface area contributed by atoms with Gasteiger partial charge in [0.25, 0.3) is 0 Å². The van der Waals surface area contributed by atoms with Gasteiger partial charge in [-0.15, -0.1) is 0 Å². The molecule has 1 aromatic rings. The Morgan fingerprint density at radius 2 is 2.12 bits per heavy atom. The van der Waals surface area contributed by atoms with Crippen LogP contribution in [-0.2, 0) is 6.42 Å². The third kappa shape index (κ3) is 4.66. The third-order valence-electron chi connectivity index (χ3n) is 1.96. The van der Waals surface area contributed by atoms with E-state index in [9.17, 15) is 13.2 Å². The van der Waals surface area contributed by atoms with E-state index in [-0.39, 0.29) is 21.7 Å². The highest BCUT2D eigenvalue weighted by Crippen LogP contribution is 2.40. The molecule has 1 radical (unpaired) electrons. The van der Waals surface area contributed by atoms with Crippen LogP contribution in [0.25, 0.3) is 0 Å². The summed E-state index contributed by atoms with van der Waals surface area (Å²) in [5.74, 6) is 0. The predicted octanol–water partition coefficient (Wildman–Crippen LogP) is 5.09. The molecule has 1 rings (SSSR count). The summed E-state index contributed by atoms with van der Waals surface area (Å²) >= 11 is 5.47. The van der Waals surface area contributed by atoms with Crippen LogP contribution in [0.4, 0.5) is 13.2 Å². The van der Waals surface area contributed by atoms with Gasteiger partial charge in [0.1, 0.15) is 0 Å². The second-order valence-corrected chi connectivity index (χ2v) is 4.82. The fourth-order valence-corrected chi connectivity index (χ4v) is 2.06. The lowest BCUT2D eigenvalue weighted by Gasteiger charge is -2.09. The second-order valence-electron chi connectivity index (χ2n) is 3.34. The quantitative estimate of drug-likeness (QED) is 0.685. The van der Waals surface area contributed by atoms with Crippen LogP contribution in [0.5, 0.6) is 0 Å². The van der Waals surface area contributed by atoms with E-state index in [0.29, 0.717) is 0 Å². The van der Waals surface area contributed by atoms with Crippen LogP contribution >= 0.6 is 23.4 Å². The molecule has 0 spiro atoms. The number of benzene rings is 1. The molecule has 0 saturated carbocycles. The van der Waals surface area contributed by atoms with Gasteiger partial charge in [0.2, 0.25) is 0 Å². The molecule has 5 heteroatoms. The van der Waals surface area contributed by atoms with E-state index in [0.717, 1.165) is 24.8 Å². The lowest BCUT2D eigenvalue weighted by molar-refractivity contribution is -0.0328. The molecule has 1 aromatic carbocycles. The average molecular weight is 268 g/mol. The van der Waals surface area contributed by atoms with Gasteiger partial charge in [-0.2, -0.15) is 13.2 Å². The second kappa shape index (κ2) is 5.82. The lowest BCUT2D eigenvalue weighted by atomic mass is 10.1. The van der Waals surface area contributed by atoms with Crippen LogP contribution < -0.4 is 0 Å². The van der Waals surface area contributed by atoms with Crippen molar-refractivity contribution >= 4 is 23.4 Å². The summed E-state index contributed by atoms with van der Waals surface area (Å²) in [6.07, 6.45) is 2.71. The first-order valence-electron chi connectivity index (χ1n) is 4.88. The highest BCUT2D eigenvalue weighted by molar-refractivity contribution is 8.00. The van der Waals surface area contributed by atoms with Gasteiger partial charge < -0.3 is 0 Å². The fraction of sp³-hybridized carbons (Fsp3) is 0.455. The molecule has 0 atom stereocenters. The number of aryl methyl sites for hydroxylation is 1. The maximum atomic E-state index is 12.2. The van der Waals surface area contributed by atoms with Crippen molar-refractivity contribution in [2.24, 2.45) is 0 Å². The zero-order chi connectivity index (χ0) is 12.2. The number of hydrogen-bond donors (Lipinski definition) is 0. The minimum atomic E-state index is -4.30. The van der Waals surface area contributed by atoms with Gasteiger partial charge in [-0.25, -0.2) is 0 Å². The minimum absolute atomic E-state index is 0.0302. The first-order chi connectivity index (χ1) is 7.42. The summed E-state index contributed by atoms with van der Waals surface area (Å²) in [6, 6.07) is 5.79. The zero-order valence-corrected chi connectivity index (χ0v) is 10.3. The lowest BCUT2D eigenvalue weighted by Crippen LogP contribution is -2.00. The molecule has 0 fully saturated rings. The Kier molecular flexibility index (Phi) is 4.99. The predicted molar refractivity (Wildman–Crippen MR) is 60.8 cm³/mol. The van der Waals surface area contributed by atoms with Crippen LogP contribution in [0.1, 0.15) is 25.3 Å². The molecular weight excluding hydrogens is 257 g/mol. The van der Waals surface area contributed by atoms with E-state index >= 15 is 0 Å². The Balaban J connectivity index is 2.82. The molecule has 16 heavy (non-hydrogen) atoms. The fourth-order valence-electron chi connectivity index (χ4n) is 1.22. The van der Waals surface area contributed by atoms with Crippen LogP contribution in [-0.4, -0.2) is 5.51 Å². The first-order valence-corrected chi connectivity index (χ1v) is 6.07. The van der Waals surface area contributed by atoms with Crippen molar-refractivity contribution < 1.29 is 13.2 Å². The molecule has 0 amide bonds. The van der Waals surface area contributed by atoms with Crippen LogP contribution in [0.2, 0.25) is 5.02 Å². The number of thioether (sulfide) groups is 1. The Morgan fingerprint density at radius 1 is 1.44 bits per heavy atom. The van der Waals surface area contributed by atoms with Gasteiger partial charge in [-0.1, -0.05) is 24.9 Å². The average Bonchev–Trinajstić information content (AvgIpc) is 2.17. The molecule has 0 heterocycles. The molecule has 0 nitrogen and oxygen atoms in total. The summed E-state index contributed by atoms with van der Waals surface area (Å²) in [6.45, 7) is 2.03. The first kappa shape index (κ1) is 13.7. The summed E-state index contributed by atoms with van der Waals surface area (Å²) in [5, 5.41) is 0.0302. The van der Waals surface area contributed by atoms with Crippen molar-refractivity contribution in [2.75, 3.05) is 0 Å². The molecule has 0 aliphatic heterocycles. The molecule has 0 unspecified atom stereocenters. The molecule has 0 bridgehead atoms. The van der Waals surface area contributed by atoms with Crippen LogP contribution in [0, 0.1) is 6.07 Å². The summed E-state index contributed by atoms with van der Waals surface area (Å²) in [7, 11) is 0. The smallest absolute Gasteiger partial charge is 0.160 e. The number of alkyl halides is 3. The van der Waals surface area contributed by atoms with E-state index < -0.39 is 5.51 Å². The van der Waals surface area contributed by atoms with Crippen LogP contribution in [0.3, 0.4) is 0 Å². The third-order valence-corrected chi connectivity index (χ3v) is 3.16. The Labute approximate surface area is 102 Å². The molecule has 0 saturated heterocycles. The standard InChI is InChI=1S/C11H11ClF3S/c1-2-3-4-8-5-6-9(12)10(7-8)16-11(13,14)15/h5,7H,2-4H2,1H3. The molecule has 0 N–H and O–H groups in total. The van der Waals surface area contributed by atoms with E-state index in [1.165, 1.54) is 6.07 Å². The van der Waals surface area contributed by atoms with Gasteiger partial charge in [0.15, 0.2) is 0 Å². The van der Waals surface area contributed by atoms with Crippen molar-refractivity contribution in [1.29, 1.82) is 0 Å². The van der Waals surface area contributed by atoms with Gasteiger partial charge in [0.05, 0.1) is 5.02 Å². The largest absolute Gasteiger partial charge is 0.446 e. The van der Waals surface area contributed by atoms with E-state index in [1.807, 2.05) is 6.92 Å². The molecule has 89 valence electrons. The highest BCUT2D eigenvalue weighted by atomic mass is 35.5. The Hall–Kier alpha value is -0.350. The summed E-state index contributed by atoms with van der Waals surface area (Å²) < 4.78 is 36.6. The van der Waals surface area contributed by atoms with Crippen molar-refractivity contribution in [1.82, 2.24) is 0 Å². The zero-order valence-electron chi connectivity index (χ0n) is 8.70. The summed E-state index contributed by atoms with van der Waals surface area (Å²) in [4.78, 5) is 0.0303. The van der Waals surface area contributed by atoms with E-state index in [1.54, 1.807) is 6.07 Å². The van der Waals surface area contributed by atoms with Gasteiger partial charge in [0, 0.05) is 11.0 Å². The van der Waals surface area contributed by atoms with Gasteiger partial charge in [-0.05, 0) is 42.3 Å². The van der Waals surface area contributed by atoms with E-state index in [4.69, 9.17) is 11.6 Å². The minimum Gasteiger partial charge on any atom is -0.160 e. The monoisotopic (exact) mass is 267 g/mol. The van der Waals surface area contributed by atoms with Crippen LogP contribution in [0.15, 0.2) is 17.0 Å². The van der Waals surface area contributed by atoms with Crippen molar-refractivity contribution in [3.63, 3.8) is 0 Å². The number of unbranched alkanes of at least 4 members (excludes halogenated alkanes) is 1. The number of halogens is 4. The van der Waals surface area contributed by atoms with Crippen molar-refractivity contribution in [3.05, 3.63) is 28.8 Å². The Bertz CT molecular complexity index is 350. The number of hydrogen-bond acceptors (Lipinski definition) is 1. The Morgan fingerprint density at radius 3 is 2.69 bits per heavy atom.